The molecule has 5 aliphatic carbocycles. The molecule has 7 heteroatoms. The van der Waals surface area contributed by atoms with Gasteiger partial charge >= 0.3 is 11.9 Å². The van der Waals surface area contributed by atoms with E-state index in [2.05, 4.69) is 46.9 Å². The third kappa shape index (κ3) is 4.80. The van der Waals surface area contributed by atoms with E-state index < -0.39 is 23.0 Å². The molecule has 0 heterocycles. The largest absolute Gasteiger partial charge is 0.481 e. The lowest BCUT2D eigenvalue weighted by Gasteiger charge is -2.70. The van der Waals surface area contributed by atoms with Gasteiger partial charge in [0.15, 0.2) is 5.78 Å². The molecule has 246 valence electrons. The summed E-state index contributed by atoms with van der Waals surface area (Å²) >= 11 is 0. The number of fused-ring (bicyclic) bond motifs is 7. The highest BCUT2D eigenvalue weighted by molar-refractivity contribution is 5.96. The fourth-order valence-electron chi connectivity index (χ4n) is 11.5. The average Bonchev–Trinajstić information content (AvgIpc) is 2.88. The highest BCUT2D eigenvalue weighted by Gasteiger charge is 2.70. The minimum Gasteiger partial charge on any atom is -0.481 e. The Hall–Kier alpha value is -2.18. The Morgan fingerprint density at radius 3 is 2.18 bits per heavy atom. The van der Waals surface area contributed by atoms with Gasteiger partial charge in [0, 0.05) is 11.8 Å². The SMILES string of the molecule is CC(C)(C)OC(=O)CNC(=O)[C@H]1CC[C@]2(C)[C@H]3C(=O)C=C4[C@@H]5C[C@@](C)(C(=O)O)CC[C@]5(C)CC[C@@]4(C)[C@]3(C)CC[C@H]2C1(C)C. The molecular formula is C37H57NO6. The van der Waals surface area contributed by atoms with Crippen LogP contribution in [0.4, 0.5) is 0 Å². The van der Waals surface area contributed by atoms with Crippen molar-refractivity contribution >= 4 is 23.6 Å². The number of ketones is 1. The van der Waals surface area contributed by atoms with Crippen molar-refractivity contribution in [1.29, 1.82) is 0 Å². The molecule has 0 unspecified atom stereocenters. The summed E-state index contributed by atoms with van der Waals surface area (Å²) in [5, 5.41) is 13.0. The van der Waals surface area contributed by atoms with Crippen LogP contribution in [0.3, 0.4) is 0 Å². The van der Waals surface area contributed by atoms with E-state index in [0.717, 1.165) is 38.5 Å². The predicted octanol–water partition coefficient (Wildman–Crippen LogP) is 7.13. The topological polar surface area (TPSA) is 110 Å². The van der Waals surface area contributed by atoms with Crippen LogP contribution in [0.5, 0.6) is 0 Å². The van der Waals surface area contributed by atoms with Crippen LogP contribution >= 0.6 is 0 Å². The molecule has 9 atom stereocenters. The number of amides is 1. The Balaban J connectivity index is 1.44. The maximum atomic E-state index is 14.6. The third-order valence-electron chi connectivity index (χ3n) is 14.3. The number of rotatable bonds is 4. The van der Waals surface area contributed by atoms with E-state index in [4.69, 9.17) is 4.74 Å². The predicted molar refractivity (Wildman–Crippen MR) is 169 cm³/mol. The molecule has 2 N–H and O–H groups in total. The van der Waals surface area contributed by atoms with Crippen molar-refractivity contribution in [1.82, 2.24) is 5.32 Å². The standard InChI is InChI=1S/C37H57NO6/c1-31(2,3)44-27(40)21-38-29(41)22-11-13-35(8)26(32(22,4)5)12-14-37(10)28(35)25(39)19-23-24-20-34(7,30(42)43)16-15-33(24,6)17-18-36(23,37)9/h19,22,24,26,28H,11-18,20-21H2,1-10H3,(H,38,41)(H,42,43)/t22-,24+,26+,28-,33-,34+,35+,36-,37-/m1/s1. The Morgan fingerprint density at radius 1 is 0.932 bits per heavy atom. The van der Waals surface area contributed by atoms with E-state index in [-0.39, 0.29) is 69.0 Å². The summed E-state index contributed by atoms with van der Waals surface area (Å²) in [6.07, 6.45) is 9.55. The molecule has 0 radical (unpaired) electrons. The van der Waals surface area contributed by atoms with Gasteiger partial charge in [0.05, 0.1) is 5.41 Å². The Morgan fingerprint density at radius 2 is 1.57 bits per heavy atom. The normalized spacial score (nSPS) is 44.6. The van der Waals surface area contributed by atoms with Crippen LogP contribution in [0, 0.1) is 56.2 Å². The number of carboxylic acid groups (broad SMARTS) is 1. The molecule has 0 bridgehead atoms. The summed E-state index contributed by atoms with van der Waals surface area (Å²) < 4.78 is 5.40. The van der Waals surface area contributed by atoms with Crippen LogP contribution in [-0.4, -0.2) is 40.9 Å². The summed E-state index contributed by atoms with van der Waals surface area (Å²) in [5.74, 6) is -1.17. The second-order valence-corrected chi connectivity index (χ2v) is 18.3. The van der Waals surface area contributed by atoms with Gasteiger partial charge in [-0.2, -0.15) is 0 Å². The summed E-state index contributed by atoms with van der Waals surface area (Å²) in [5.41, 5.74) is -1.15. The number of carboxylic acids is 1. The van der Waals surface area contributed by atoms with Crippen molar-refractivity contribution in [2.24, 2.45) is 56.2 Å². The zero-order valence-corrected chi connectivity index (χ0v) is 28.9. The Labute approximate surface area is 264 Å². The van der Waals surface area contributed by atoms with Crippen molar-refractivity contribution in [3.63, 3.8) is 0 Å². The molecule has 44 heavy (non-hydrogen) atoms. The number of carbonyl (C=O) groups excluding carboxylic acids is 3. The summed E-state index contributed by atoms with van der Waals surface area (Å²) in [4.78, 5) is 52.8. The van der Waals surface area contributed by atoms with Crippen molar-refractivity contribution in [2.45, 2.75) is 133 Å². The number of hydrogen-bond acceptors (Lipinski definition) is 5. The minimum absolute atomic E-state index is 0.0254. The monoisotopic (exact) mass is 611 g/mol. The maximum Gasteiger partial charge on any atom is 0.325 e. The van der Waals surface area contributed by atoms with Crippen LogP contribution < -0.4 is 5.32 Å². The van der Waals surface area contributed by atoms with Gasteiger partial charge in [-0.15, -0.1) is 0 Å². The molecule has 5 aliphatic rings. The van der Waals surface area contributed by atoms with Gasteiger partial charge in [-0.25, -0.2) is 0 Å². The fraction of sp³-hybridized carbons (Fsp3) is 0.838. The number of esters is 1. The van der Waals surface area contributed by atoms with Crippen LogP contribution in [0.15, 0.2) is 11.6 Å². The van der Waals surface area contributed by atoms with Gasteiger partial charge in [0.25, 0.3) is 0 Å². The smallest absolute Gasteiger partial charge is 0.325 e. The van der Waals surface area contributed by atoms with Gasteiger partial charge in [0.1, 0.15) is 12.1 Å². The lowest BCUT2D eigenvalue weighted by Crippen LogP contribution is -2.66. The number of allylic oxidation sites excluding steroid dienone is 2. The van der Waals surface area contributed by atoms with Crippen molar-refractivity contribution in [2.75, 3.05) is 6.54 Å². The molecule has 0 aliphatic heterocycles. The van der Waals surface area contributed by atoms with Crippen molar-refractivity contribution in [3.05, 3.63) is 11.6 Å². The average molecular weight is 612 g/mol. The van der Waals surface area contributed by atoms with E-state index in [0.29, 0.717) is 19.3 Å². The van der Waals surface area contributed by atoms with Gasteiger partial charge in [-0.05, 0) is 130 Å². The molecule has 0 aromatic carbocycles. The highest BCUT2D eigenvalue weighted by atomic mass is 16.6. The van der Waals surface area contributed by atoms with E-state index in [1.807, 2.05) is 33.8 Å². The Kier molecular flexibility index (Phi) is 7.66. The lowest BCUT2D eigenvalue weighted by molar-refractivity contribution is -0.195. The molecule has 0 aromatic heterocycles. The number of nitrogens with one attached hydrogen (secondary N) is 1. The summed E-state index contributed by atoms with van der Waals surface area (Å²) in [7, 11) is 0. The second-order valence-electron chi connectivity index (χ2n) is 18.3. The fourth-order valence-corrected chi connectivity index (χ4v) is 11.5. The molecule has 0 saturated heterocycles. The van der Waals surface area contributed by atoms with Crippen LogP contribution in [0.25, 0.3) is 0 Å². The Bertz CT molecular complexity index is 1290. The van der Waals surface area contributed by atoms with E-state index in [1.54, 1.807) is 0 Å². The number of hydrogen-bond donors (Lipinski definition) is 2. The minimum atomic E-state index is -0.764. The van der Waals surface area contributed by atoms with Crippen LogP contribution in [0.2, 0.25) is 0 Å². The van der Waals surface area contributed by atoms with E-state index >= 15 is 0 Å². The van der Waals surface area contributed by atoms with Crippen molar-refractivity contribution < 1.29 is 29.0 Å². The third-order valence-corrected chi connectivity index (χ3v) is 14.3. The van der Waals surface area contributed by atoms with Gasteiger partial charge in [0.2, 0.25) is 5.91 Å². The molecule has 5 rings (SSSR count). The molecular weight excluding hydrogens is 554 g/mol. The van der Waals surface area contributed by atoms with Gasteiger partial charge in [-0.3, -0.25) is 19.2 Å². The number of carbonyl (C=O) groups is 4. The molecule has 0 aromatic rings. The molecule has 0 spiro atoms. The molecule has 7 nitrogen and oxygen atoms in total. The molecule has 4 saturated carbocycles. The maximum absolute atomic E-state index is 14.6. The first-order chi connectivity index (χ1) is 20.0. The molecule has 1 amide bonds. The first-order valence-electron chi connectivity index (χ1n) is 17.0. The first kappa shape index (κ1) is 33.2. The van der Waals surface area contributed by atoms with Gasteiger partial charge in [-0.1, -0.05) is 47.1 Å². The highest BCUT2D eigenvalue weighted by Crippen LogP contribution is 2.75. The second kappa shape index (κ2) is 10.2. The van der Waals surface area contributed by atoms with Crippen LogP contribution in [0.1, 0.15) is 127 Å². The zero-order chi connectivity index (χ0) is 32.9. The summed E-state index contributed by atoms with van der Waals surface area (Å²) in [6.45, 7) is 21.0. The van der Waals surface area contributed by atoms with E-state index in [1.165, 1.54) is 5.57 Å². The van der Waals surface area contributed by atoms with Crippen LogP contribution in [-0.2, 0) is 23.9 Å². The summed E-state index contributed by atoms with van der Waals surface area (Å²) in [6, 6.07) is 0. The lowest BCUT2D eigenvalue weighted by atomic mass is 9.33. The van der Waals surface area contributed by atoms with Crippen molar-refractivity contribution in [3.8, 4) is 0 Å². The molecule has 4 fully saturated rings. The number of ether oxygens (including phenoxy) is 1. The number of aliphatic carboxylic acids is 1. The quantitative estimate of drug-likeness (QED) is 0.328. The zero-order valence-electron chi connectivity index (χ0n) is 28.9. The van der Waals surface area contributed by atoms with E-state index in [9.17, 15) is 24.3 Å². The van der Waals surface area contributed by atoms with Gasteiger partial charge < -0.3 is 15.2 Å². The first-order valence-corrected chi connectivity index (χ1v) is 17.0.